The smallest absolute Gasteiger partial charge is 0.381 e. The minimum atomic E-state index is -3.95. The molecule has 0 bridgehead atoms. The first-order chi connectivity index (χ1) is 17.2. The Kier molecular flexibility index (Phi) is 6.76. The van der Waals surface area contributed by atoms with Crippen molar-refractivity contribution in [2.45, 2.75) is 30.9 Å². The molecule has 11 heteroatoms. The van der Waals surface area contributed by atoms with Gasteiger partial charge < -0.3 is 29.4 Å². The molecule has 1 aromatic heterocycles. The van der Waals surface area contributed by atoms with Crippen LogP contribution in [0.1, 0.15) is 30.3 Å². The van der Waals surface area contributed by atoms with Crippen molar-refractivity contribution in [3.63, 3.8) is 0 Å². The van der Waals surface area contributed by atoms with Crippen LogP contribution in [0, 0.1) is 0 Å². The number of aryl methyl sites for hydroxylation is 1. The van der Waals surface area contributed by atoms with Gasteiger partial charge in [0.25, 0.3) is 5.91 Å². The molecule has 1 fully saturated rings. The lowest BCUT2D eigenvalue weighted by molar-refractivity contribution is -0.150. The molecule has 2 aliphatic rings. The molecule has 0 aliphatic carbocycles. The summed E-state index contributed by atoms with van der Waals surface area (Å²) in [5.41, 5.74) is 1.12. The number of aromatic nitrogens is 2. The molecule has 1 amide bonds. The Morgan fingerprint density at radius 1 is 1.17 bits per heavy atom. The van der Waals surface area contributed by atoms with Crippen molar-refractivity contribution in [2.75, 3.05) is 32.8 Å². The number of carbonyl (C=O) groups is 1. The minimum Gasteiger partial charge on any atom is -0.486 e. The van der Waals surface area contributed by atoms with E-state index < -0.39 is 29.8 Å². The minimum absolute atomic E-state index is 0.218. The fourth-order valence-corrected chi connectivity index (χ4v) is 4.92. The molecule has 5 rings (SSSR count). The van der Waals surface area contributed by atoms with E-state index in [1.165, 1.54) is 17.7 Å². The lowest BCUT2D eigenvalue weighted by Crippen LogP contribution is -2.51. The molecule has 2 atom stereocenters. The number of likely N-dealkylation sites (tertiary alicyclic amines) is 1. The van der Waals surface area contributed by atoms with E-state index in [1.54, 1.807) is 30.3 Å². The van der Waals surface area contributed by atoms with E-state index in [9.17, 15) is 9.90 Å². The second-order valence-corrected chi connectivity index (χ2v) is 9.57. The van der Waals surface area contributed by atoms with Crippen molar-refractivity contribution in [1.29, 1.82) is 0 Å². The van der Waals surface area contributed by atoms with Crippen molar-refractivity contribution in [3.05, 3.63) is 52.8 Å². The van der Waals surface area contributed by atoms with Gasteiger partial charge >= 0.3 is 5.92 Å². The number of benzene rings is 2. The van der Waals surface area contributed by atoms with E-state index in [1.807, 2.05) is 4.90 Å². The molecule has 2 aromatic carbocycles. The van der Waals surface area contributed by atoms with Crippen LogP contribution >= 0.6 is 11.6 Å². The summed E-state index contributed by atoms with van der Waals surface area (Å²) in [6, 6.07) is 8.56. The van der Waals surface area contributed by atoms with Gasteiger partial charge in [0.15, 0.2) is 17.3 Å². The molecule has 192 valence electrons. The van der Waals surface area contributed by atoms with E-state index in [-0.39, 0.29) is 12.1 Å². The second kappa shape index (κ2) is 9.84. The molecule has 0 radical (unpaired) electrons. The van der Waals surface area contributed by atoms with Gasteiger partial charge in [-0.2, -0.15) is 8.78 Å². The number of nitrogens with one attached hydrogen (secondary N) is 1. The Balaban J connectivity index is 1.42. The van der Waals surface area contributed by atoms with Crippen LogP contribution in [0.25, 0.3) is 11.0 Å². The molecule has 3 heterocycles. The van der Waals surface area contributed by atoms with Gasteiger partial charge in [0.2, 0.25) is 0 Å². The fraction of sp³-hybridized carbons (Fsp3) is 0.440. The van der Waals surface area contributed by atoms with E-state index in [0.29, 0.717) is 40.8 Å². The van der Waals surface area contributed by atoms with Crippen LogP contribution in [0.4, 0.5) is 8.78 Å². The third-order valence-corrected chi connectivity index (χ3v) is 6.90. The maximum atomic E-state index is 15.5. The summed E-state index contributed by atoms with van der Waals surface area (Å²) < 4.78 is 43.2. The highest BCUT2D eigenvalue weighted by Crippen LogP contribution is 2.35. The summed E-state index contributed by atoms with van der Waals surface area (Å²) in [7, 11) is 1.42. The average molecular weight is 521 g/mol. The Morgan fingerprint density at radius 2 is 1.89 bits per heavy atom. The Labute approximate surface area is 211 Å². The van der Waals surface area contributed by atoms with Crippen LogP contribution < -0.4 is 14.8 Å². The van der Waals surface area contributed by atoms with Gasteiger partial charge in [-0.25, -0.2) is 4.98 Å². The van der Waals surface area contributed by atoms with Crippen LogP contribution in [-0.2, 0) is 17.8 Å². The van der Waals surface area contributed by atoms with E-state index >= 15 is 8.78 Å². The quantitative estimate of drug-likeness (QED) is 0.496. The van der Waals surface area contributed by atoms with E-state index in [0.717, 1.165) is 25.9 Å². The van der Waals surface area contributed by atoms with Crippen LogP contribution in [0.3, 0.4) is 0 Å². The Hall–Kier alpha value is -2.95. The van der Waals surface area contributed by atoms with Gasteiger partial charge in [-0.3, -0.25) is 4.79 Å². The highest BCUT2D eigenvalue weighted by Gasteiger charge is 2.47. The van der Waals surface area contributed by atoms with Crippen molar-refractivity contribution in [3.8, 4) is 11.5 Å². The first-order valence-electron chi connectivity index (χ1n) is 11.9. The van der Waals surface area contributed by atoms with E-state index in [2.05, 4.69) is 10.3 Å². The molecule has 2 aliphatic heterocycles. The van der Waals surface area contributed by atoms with Crippen LogP contribution in [-0.4, -0.2) is 64.4 Å². The number of amides is 1. The van der Waals surface area contributed by atoms with Gasteiger partial charge in [0.05, 0.1) is 17.1 Å². The fourth-order valence-electron chi connectivity index (χ4n) is 4.76. The number of halogens is 3. The maximum Gasteiger partial charge on any atom is 0.381 e. The standard InChI is InChI=1S/C25H27ClF2N4O4/c1-31-19-6-5-16(26)13-17(19)29-23(31)25(27,28)24(34)30-18(14-32-8-2-3-9-32)22(33)15-4-7-20-21(12-15)36-11-10-35-20/h4-7,12-13,18,22,33H,2-3,8-11,14H2,1H3,(H,30,34)/t18-,22-/m1/s1. The number of aliphatic hydroxyl groups is 1. The van der Waals surface area contributed by atoms with Gasteiger partial charge in [-0.05, 0) is 61.8 Å². The zero-order valence-electron chi connectivity index (χ0n) is 19.7. The normalized spacial score (nSPS) is 17.8. The number of fused-ring (bicyclic) bond motifs is 2. The summed E-state index contributed by atoms with van der Waals surface area (Å²) in [4.78, 5) is 19.0. The second-order valence-electron chi connectivity index (χ2n) is 9.14. The van der Waals surface area contributed by atoms with Crippen LogP contribution in [0.15, 0.2) is 36.4 Å². The first-order valence-corrected chi connectivity index (χ1v) is 12.2. The molecular formula is C25H27ClF2N4O4. The van der Waals surface area contributed by atoms with Crippen LogP contribution in [0.5, 0.6) is 11.5 Å². The molecule has 0 unspecified atom stereocenters. The number of carbonyl (C=O) groups excluding carboxylic acids is 1. The number of nitrogens with zero attached hydrogens (tertiary/aromatic N) is 3. The zero-order chi connectivity index (χ0) is 25.4. The zero-order valence-corrected chi connectivity index (χ0v) is 20.5. The summed E-state index contributed by atoms with van der Waals surface area (Å²) in [5, 5.41) is 14.0. The summed E-state index contributed by atoms with van der Waals surface area (Å²) in [6.07, 6.45) is 0.694. The van der Waals surface area contributed by atoms with Crippen molar-refractivity contribution in [1.82, 2.24) is 19.8 Å². The predicted molar refractivity (Wildman–Crippen MR) is 130 cm³/mol. The van der Waals surface area contributed by atoms with Gasteiger partial charge in [0.1, 0.15) is 19.3 Å². The monoisotopic (exact) mass is 520 g/mol. The number of rotatable bonds is 7. The maximum absolute atomic E-state index is 15.5. The van der Waals surface area contributed by atoms with E-state index in [4.69, 9.17) is 21.1 Å². The SMILES string of the molecule is Cn1c(C(F)(F)C(=O)N[C@H](CN2CCCC2)[C@H](O)c2ccc3c(c2)OCCO3)nc2cc(Cl)ccc21. The van der Waals surface area contributed by atoms with Crippen molar-refractivity contribution < 1.29 is 28.2 Å². The number of hydrogen-bond donors (Lipinski definition) is 2. The van der Waals surface area contributed by atoms with Crippen molar-refractivity contribution >= 4 is 28.5 Å². The molecule has 3 aromatic rings. The molecule has 2 N–H and O–H groups in total. The lowest BCUT2D eigenvalue weighted by Gasteiger charge is -2.30. The number of imidazole rings is 1. The molecule has 0 spiro atoms. The Morgan fingerprint density at radius 3 is 2.64 bits per heavy atom. The third-order valence-electron chi connectivity index (χ3n) is 6.67. The summed E-state index contributed by atoms with van der Waals surface area (Å²) in [5.74, 6) is -5.17. The highest BCUT2D eigenvalue weighted by molar-refractivity contribution is 6.31. The number of hydrogen-bond acceptors (Lipinski definition) is 6. The van der Waals surface area contributed by atoms with Crippen LogP contribution in [0.2, 0.25) is 5.02 Å². The Bertz CT molecular complexity index is 1280. The topological polar surface area (TPSA) is 88.9 Å². The van der Waals surface area contributed by atoms with Gasteiger partial charge in [-0.1, -0.05) is 17.7 Å². The number of alkyl halides is 2. The largest absolute Gasteiger partial charge is 0.486 e. The van der Waals surface area contributed by atoms with Gasteiger partial charge in [-0.15, -0.1) is 0 Å². The third kappa shape index (κ3) is 4.72. The number of ether oxygens (including phenoxy) is 2. The number of aliphatic hydroxyl groups excluding tert-OH is 1. The predicted octanol–water partition coefficient (Wildman–Crippen LogP) is 3.40. The highest BCUT2D eigenvalue weighted by atomic mass is 35.5. The molecular weight excluding hydrogens is 494 g/mol. The van der Waals surface area contributed by atoms with Gasteiger partial charge in [0, 0.05) is 18.6 Å². The molecule has 8 nitrogen and oxygen atoms in total. The van der Waals surface area contributed by atoms with Crippen molar-refractivity contribution in [2.24, 2.45) is 7.05 Å². The first kappa shape index (κ1) is 24.7. The summed E-state index contributed by atoms with van der Waals surface area (Å²) >= 11 is 5.98. The lowest BCUT2D eigenvalue weighted by atomic mass is 10.0. The molecule has 0 saturated carbocycles. The molecule has 1 saturated heterocycles. The summed E-state index contributed by atoms with van der Waals surface area (Å²) in [6.45, 7) is 2.54. The molecule has 36 heavy (non-hydrogen) atoms. The average Bonchev–Trinajstić information content (AvgIpc) is 3.50.